The first-order valence-corrected chi connectivity index (χ1v) is 3.92. The van der Waals surface area contributed by atoms with Gasteiger partial charge >= 0.3 is 0 Å². The summed E-state index contributed by atoms with van der Waals surface area (Å²) in [5, 5.41) is 0. The third kappa shape index (κ3) is 1.59. The molecule has 1 heterocycles. The standard InChI is InChI=1S/C5H10N2OS/c6-2-3-7-5(8)1-4-9-7/h1-4,6H2. The van der Waals surface area contributed by atoms with Crippen LogP contribution in [-0.2, 0) is 4.79 Å². The predicted molar refractivity (Wildman–Crippen MR) is 37.8 cm³/mol. The summed E-state index contributed by atoms with van der Waals surface area (Å²) in [6.07, 6.45) is 0.685. The molecule has 0 aromatic carbocycles. The normalized spacial score (nSPS) is 19.2. The van der Waals surface area contributed by atoms with Crippen molar-refractivity contribution in [2.45, 2.75) is 6.42 Å². The lowest BCUT2D eigenvalue weighted by atomic mass is 10.4. The molecule has 1 aliphatic rings. The predicted octanol–water partition coefficient (Wildman–Crippen LogP) is -0.174. The number of rotatable bonds is 2. The van der Waals surface area contributed by atoms with Crippen molar-refractivity contribution >= 4 is 17.9 Å². The third-order valence-electron chi connectivity index (χ3n) is 1.17. The highest BCUT2D eigenvalue weighted by molar-refractivity contribution is 7.97. The SMILES string of the molecule is NCCN1SCCC1=O. The first-order valence-electron chi connectivity index (χ1n) is 2.98. The van der Waals surface area contributed by atoms with Crippen LogP contribution in [0, 0.1) is 0 Å². The van der Waals surface area contributed by atoms with E-state index in [9.17, 15) is 4.79 Å². The molecule has 0 bridgehead atoms. The minimum atomic E-state index is 0.227. The molecule has 1 rings (SSSR count). The Bertz CT molecular complexity index is 118. The molecule has 0 saturated carbocycles. The second kappa shape index (κ2) is 3.08. The number of hydrogen-bond acceptors (Lipinski definition) is 3. The molecule has 0 radical (unpaired) electrons. The van der Waals surface area contributed by atoms with E-state index in [1.54, 1.807) is 16.3 Å². The molecular formula is C5H10N2OS. The molecule has 1 aliphatic heterocycles. The van der Waals surface area contributed by atoms with Crippen LogP contribution in [0.25, 0.3) is 0 Å². The molecule has 1 amide bonds. The molecule has 52 valence electrons. The van der Waals surface area contributed by atoms with E-state index >= 15 is 0 Å². The van der Waals surface area contributed by atoms with E-state index in [1.165, 1.54) is 0 Å². The van der Waals surface area contributed by atoms with E-state index in [0.717, 1.165) is 5.75 Å². The van der Waals surface area contributed by atoms with Crippen LogP contribution in [0.4, 0.5) is 0 Å². The lowest BCUT2D eigenvalue weighted by Gasteiger charge is -2.10. The van der Waals surface area contributed by atoms with Gasteiger partial charge in [0.25, 0.3) is 0 Å². The summed E-state index contributed by atoms with van der Waals surface area (Å²) in [6, 6.07) is 0. The number of carbonyl (C=O) groups is 1. The Morgan fingerprint density at radius 3 is 3.00 bits per heavy atom. The molecule has 4 heteroatoms. The number of nitrogens with zero attached hydrogens (tertiary/aromatic N) is 1. The van der Waals surface area contributed by atoms with E-state index in [4.69, 9.17) is 5.73 Å². The van der Waals surface area contributed by atoms with Crippen LogP contribution in [0.15, 0.2) is 0 Å². The maximum atomic E-state index is 10.8. The van der Waals surface area contributed by atoms with Gasteiger partial charge in [-0.2, -0.15) is 0 Å². The fraction of sp³-hybridized carbons (Fsp3) is 0.800. The van der Waals surface area contributed by atoms with Crippen molar-refractivity contribution in [1.82, 2.24) is 4.31 Å². The molecule has 3 nitrogen and oxygen atoms in total. The first kappa shape index (κ1) is 6.89. The van der Waals surface area contributed by atoms with Gasteiger partial charge in [-0.15, -0.1) is 0 Å². The monoisotopic (exact) mass is 146 g/mol. The average molecular weight is 146 g/mol. The number of nitrogens with two attached hydrogens (primary N) is 1. The number of hydrogen-bond donors (Lipinski definition) is 1. The maximum absolute atomic E-state index is 10.8. The van der Waals surface area contributed by atoms with Crippen molar-refractivity contribution in [2.75, 3.05) is 18.8 Å². The minimum Gasteiger partial charge on any atom is -0.329 e. The van der Waals surface area contributed by atoms with Gasteiger partial charge in [0.1, 0.15) is 0 Å². The zero-order valence-corrected chi connectivity index (χ0v) is 5.99. The van der Waals surface area contributed by atoms with E-state index in [-0.39, 0.29) is 5.91 Å². The van der Waals surface area contributed by atoms with Gasteiger partial charge in [0.15, 0.2) is 0 Å². The average Bonchev–Trinajstić information content (AvgIpc) is 2.18. The Morgan fingerprint density at radius 2 is 2.56 bits per heavy atom. The van der Waals surface area contributed by atoms with Crippen molar-refractivity contribution in [3.8, 4) is 0 Å². The summed E-state index contributed by atoms with van der Waals surface area (Å²) in [7, 11) is 0. The molecular weight excluding hydrogens is 136 g/mol. The zero-order valence-electron chi connectivity index (χ0n) is 5.17. The smallest absolute Gasteiger partial charge is 0.233 e. The Labute approximate surface area is 58.7 Å². The molecule has 0 unspecified atom stereocenters. The Hall–Kier alpha value is -0.220. The van der Waals surface area contributed by atoms with Crippen molar-refractivity contribution in [3.05, 3.63) is 0 Å². The van der Waals surface area contributed by atoms with Gasteiger partial charge in [0.2, 0.25) is 5.91 Å². The summed E-state index contributed by atoms with van der Waals surface area (Å²) in [5.74, 6) is 1.16. The van der Waals surface area contributed by atoms with E-state index in [2.05, 4.69) is 0 Å². The molecule has 0 aromatic heterocycles. The van der Waals surface area contributed by atoms with Crippen LogP contribution in [0.3, 0.4) is 0 Å². The second-order valence-electron chi connectivity index (χ2n) is 1.87. The molecule has 2 N–H and O–H groups in total. The fourth-order valence-corrected chi connectivity index (χ4v) is 1.70. The van der Waals surface area contributed by atoms with E-state index in [0.29, 0.717) is 19.5 Å². The van der Waals surface area contributed by atoms with Gasteiger partial charge in [0, 0.05) is 25.3 Å². The Kier molecular flexibility index (Phi) is 2.36. The van der Waals surface area contributed by atoms with Crippen molar-refractivity contribution < 1.29 is 4.79 Å². The number of amides is 1. The second-order valence-corrected chi connectivity index (χ2v) is 2.97. The lowest BCUT2D eigenvalue weighted by molar-refractivity contribution is -0.124. The van der Waals surface area contributed by atoms with Crippen molar-refractivity contribution in [3.63, 3.8) is 0 Å². The van der Waals surface area contributed by atoms with Crippen LogP contribution in [0.5, 0.6) is 0 Å². The molecule has 1 saturated heterocycles. The summed E-state index contributed by atoms with van der Waals surface area (Å²) >= 11 is 1.58. The molecule has 0 aromatic rings. The quantitative estimate of drug-likeness (QED) is 0.550. The van der Waals surface area contributed by atoms with Gasteiger partial charge in [-0.1, -0.05) is 0 Å². The maximum Gasteiger partial charge on any atom is 0.233 e. The van der Waals surface area contributed by atoms with Crippen LogP contribution in [0.2, 0.25) is 0 Å². The van der Waals surface area contributed by atoms with E-state index < -0.39 is 0 Å². The molecule has 0 aliphatic carbocycles. The Balaban J connectivity index is 2.31. The molecule has 9 heavy (non-hydrogen) atoms. The van der Waals surface area contributed by atoms with Crippen molar-refractivity contribution in [1.29, 1.82) is 0 Å². The van der Waals surface area contributed by atoms with Crippen LogP contribution in [0.1, 0.15) is 6.42 Å². The highest BCUT2D eigenvalue weighted by atomic mass is 32.2. The third-order valence-corrected chi connectivity index (χ3v) is 2.26. The summed E-state index contributed by atoms with van der Waals surface area (Å²) in [5.41, 5.74) is 5.26. The van der Waals surface area contributed by atoms with Crippen LogP contribution >= 0.6 is 11.9 Å². The largest absolute Gasteiger partial charge is 0.329 e. The van der Waals surface area contributed by atoms with Gasteiger partial charge in [-0.05, 0) is 11.9 Å². The highest BCUT2D eigenvalue weighted by Crippen LogP contribution is 2.19. The summed E-state index contributed by atoms with van der Waals surface area (Å²) in [6.45, 7) is 1.27. The molecule has 0 spiro atoms. The Morgan fingerprint density at radius 1 is 1.78 bits per heavy atom. The molecule has 0 atom stereocenters. The molecule has 1 fully saturated rings. The van der Waals surface area contributed by atoms with Crippen LogP contribution in [-0.4, -0.2) is 29.1 Å². The minimum absolute atomic E-state index is 0.227. The summed E-state index contributed by atoms with van der Waals surface area (Å²) < 4.78 is 1.74. The van der Waals surface area contributed by atoms with Gasteiger partial charge in [0.05, 0.1) is 0 Å². The summed E-state index contributed by atoms with van der Waals surface area (Å²) in [4.78, 5) is 10.8. The van der Waals surface area contributed by atoms with Crippen molar-refractivity contribution in [2.24, 2.45) is 5.73 Å². The highest BCUT2D eigenvalue weighted by Gasteiger charge is 2.19. The fourth-order valence-electron chi connectivity index (χ4n) is 0.746. The lowest BCUT2D eigenvalue weighted by Crippen LogP contribution is -2.24. The van der Waals surface area contributed by atoms with Crippen LogP contribution < -0.4 is 5.73 Å². The van der Waals surface area contributed by atoms with Gasteiger partial charge in [-0.25, -0.2) is 0 Å². The van der Waals surface area contributed by atoms with Gasteiger partial charge in [-0.3, -0.25) is 9.10 Å². The van der Waals surface area contributed by atoms with E-state index in [1.807, 2.05) is 0 Å². The topological polar surface area (TPSA) is 46.3 Å². The number of carbonyl (C=O) groups excluding carboxylic acids is 1. The zero-order chi connectivity index (χ0) is 6.69. The first-order chi connectivity index (χ1) is 4.34. The van der Waals surface area contributed by atoms with Gasteiger partial charge < -0.3 is 5.73 Å².